The first kappa shape index (κ1) is 24.5. The second kappa shape index (κ2) is 8.50. The Kier molecular flexibility index (Phi) is 5.49. The molecular formula is C32H40F2N2O2. The van der Waals surface area contributed by atoms with Crippen molar-refractivity contribution in [3.05, 3.63) is 47.0 Å². The van der Waals surface area contributed by atoms with Crippen molar-refractivity contribution >= 4 is 11.4 Å². The Morgan fingerprint density at radius 2 is 0.789 bits per heavy atom. The van der Waals surface area contributed by atoms with E-state index in [1.54, 1.807) is 0 Å². The van der Waals surface area contributed by atoms with E-state index in [-0.39, 0.29) is 45.3 Å². The zero-order chi connectivity index (χ0) is 26.4. The van der Waals surface area contributed by atoms with E-state index in [1.807, 2.05) is 0 Å². The monoisotopic (exact) mass is 522 g/mol. The average Bonchev–Trinajstić information content (AvgIpc) is 2.82. The minimum atomic E-state index is -0.386. The van der Waals surface area contributed by atoms with Crippen LogP contribution in [0.25, 0.3) is 0 Å². The van der Waals surface area contributed by atoms with Gasteiger partial charge in [0.2, 0.25) is 0 Å². The van der Waals surface area contributed by atoms with E-state index in [1.165, 1.54) is 62.8 Å². The lowest BCUT2D eigenvalue weighted by atomic mass is 9.48. The standard InChI is InChI=1S/2C16H20FNO/c2*17-13-4-12(15(19)5-14(13)18)16-6-9-1-10(7-16)3-11(2-9)8-16/h2*4-5,9-11,19H,1-3,6-8,18H2. The number of phenolic OH excluding ortho intramolecular Hbond substituents is 2. The van der Waals surface area contributed by atoms with E-state index in [0.29, 0.717) is 0 Å². The van der Waals surface area contributed by atoms with Crippen LogP contribution in [0.15, 0.2) is 24.3 Å². The minimum absolute atomic E-state index is 0.0212. The van der Waals surface area contributed by atoms with Gasteiger partial charge in [-0.05, 0) is 136 Å². The molecule has 8 aliphatic rings. The highest BCUT2D eigenvalue weighted by atomic mass is 19.1. The molecule has 0 aromatic heterocycles. The van der Waals surface area contributed by atoms with Crippen LogP contribution in [0.4, 0.5) is 20.2 Å². The Balaban J connectivity index is 0.000000127. The van der Waals surface area contributed by atoms with Gasteiger partial charge in [0.15, 0.2) is 0 Å². The van der Waals surface area contributed by atoms with Crippen LogP contribution in [0.3, 0.4) is 0 Å². The third kappa shape index (κ3) is 3.88. The predicted octanol–water partition coefficient (Wildman–Crippen LogP) is 7.16. The van der Waals surface area contributed by atoms with Crippen LogP contribution in [-0.4, -0.2) is 10.2 Å². The quantitative estimate of drug-likeness (QED) is 0.315. The second-order valence-electron chi connectivity index (χ2n) is 14.2. The normalized spacial score (nSPS) is 39.7. The number of halogens is 2. The maximum absolute atomic E-state index is 13.8. The van der Waals surface area contributed by atoms with Crippen molar-refractivity contribution in [1.82, 2.24) is 0 Å². The highest BCUT2D eigenvalue weighted by Gasteiger charge is 2.53. The largest absolute Gasteiger partial charge is 0.508 e. The van der Waals surface area contributed by atoms with E-state index in [2.05, 4.69) is 0 Å². The van der Waals surface area contributed by atoms with Crippen molar-refractivity contribution in [2.45, 2.75) is 87.9 Å². The number of hydrogen-bond acceptors (Lipinski definition) is 4. The number of benzene rings is 2. The van der Waals surface area contributed by atoms with Gasteiger partial charge in [0, 0.05) is 23.3 Å². The molecule has 0 unspecified atom stereocenters. The molecule has 0 heterocycles. The van der Waals surface area contributed by atoms with Gasteiger partial charge in [0.25, 0.3) is 0 Å². The molecule has 0 amide bonds. The number of nitrogens with two attached hydrogens (primary N) is 2. The number of hydrogen-bond donors (Lipinski definition) is 4. The zero-order valence-corrected chi connectivity index (χ0v) is 22.1. The Morgan fingerprint density at radius 3 is 1.05 bits per heavy atom. The Bertz CT molecular complexity index is 1110. The van der Waals surface area contributed by atoms with Gasteiger partial charge < -0.3 is 21.7 Å². The average molecular weight is 523 g/mol. The molecule has 8 aliphatic carbocycles. The van der Waals surface area contributed by atoms with Gasteiger partial charge in [-0.15, -0.1) is 0 Å². The Labute approximate surface area is 223 Å². The summed E-state index contributed by atoms with van der Waals surface area (Å²) in [5.41, 5.74) is 12.9. The van der Waals surface area contributed by atoms with Crippen LogP contribution in [-0.2, 0) is 10.8 Å². The summed E-state index contributed by atoms with van der Waals surface area (Å²) in [6, 6.07) is 5.78. The molecular weight excluding hydrogens is 482 g/mol. The molecule has 8 fully saturated rings. The first-order valence-electron chi connectivity index (χ1n) is 14.7. The van der Waals surface area contributed by atoms with Crippen LogP contribution >= 0.6 is 0 Å². The fourth-order valence-corrected chi connectivity index (χ4v) is 10.9. The van der Waals surface area contributed by atoms with Crippen molar-refractivity contribution in [2.75, 3.05) is 11.5 Å². The first-order chi connectivity index (χ1) is 18.1. The SMILES string of the molecule is Nc1cc(O)c(C23CC4CC(CC(C4)C2)C3)cc1F.Nc1cc(O)c(C23CC4CC(CC(C4)C2)C3)cc1F. The summed E-state index contributed by atoms with van der Waals surface area (Å²) < 4.78 is 27.6. The molecule has 8 bridgehead atoms. The molecule has 0 atom stereocenters. The smallest absolute Gasteiger partial charge is 0.146 e. The maximum atomic E-state index is 13.8. The summed E-state index contributed by atoms with van der Waals surface area (Å²) in [5.74, 6) is 4.32. The number of rotatable bonds is 2. The summed E-state index contributed by atoms with van der Waals surface area (Å²) in [5, 5.41) is 20.5. The van der Waals surface area contributed by atoms with Crippen molar-refractivity contribution < 1.29 is 19.0 Å². The van der Waals surface area contributed by atoms with E-state index >= 15 is 0 Å². The van der Waals surface area contributed by atoms with Crippen molar-refractivity contribution in [2.24, 2.45) is 35.5 Å². The van der Waals surface area contributed by atoms with E-state index in [0.717, 1.165) is 85.2 Å². The van der Waals surface area contributed by atoms with Crippen molar-refractivity contribution in [3.63, 3.8) is 0 Å². The predicted molar refractivity (Wildman–Crippen MR) is 145 cm³/mol. The molecule has 204 valence electrons. The van der Waals surface area contributed by atoms with Crippen LogP contribution < -0.4 is 11.5 Å². The second-order valence-corrected chi connectivity index (χ2v) is 14.2. The molecule has 10 rings (SSSR count). The van der Waals surface area contributed by atoms with Gasteiger partial charge >= 0.3 is 0 Å². The van der Waals surface area contributed by atoms with Gasteiger partial charge in [-0.3, -0.25) is 0 Å². The molecule has 0 radical (unpaired) electrons. The summed E-state index contributed by atoms with van der Waals surface area (Å²) in [4.78, 5) is 0. The van der Waals surface area contributed by atoms with Gasteiger partial charge in [-0.2, -0.15) is 0 Å². The van der Waals surface area contributed by atoms with Crippen LogP contribution in [0.1, 0.15) is 88.2 Å². The fraction of sp³-hybridized carbons (Fsp3) is 0.625. The summed E-state index contributed by atoms with van der Waals surface area (Å²) in [7, 11) is 0. The van der Waals surface area contributed by atoms with Crippen LogP contribution in [0, 0.1) is 47.1 Å². The summed E-state index contributed by atoms with van der Waals surface area (Å²) >= 11 is 0. The summed E-state index contributed by atoms with van der Waals surface area (Å²) in [6.07, 6.45) is 14.8. The number of aromatic hydroxyl groups is 2. The van der Waals surface area contributed by atoms with Crippen molar-refractivity contribution in [3.8, 4) is 11.5 Å². The van der Waals surface area contributed by atoms with Crippen LogP contribution in [0.2, 0.25) is 0 Å². The number of phenols is 2. The molecule has 6 N–H and O–H groups in total. The highest BCUT2D eigenvalue weighted by Crippen LogP contribution is 2.63. The van der Waals surface area contributed by atoms with Gasteiger partial charge in [-0.1, -0.05) is 0 Å². The third-order valence-corrected chi connectivity index (χ3v) is 11.4. The molecule has 6 heteroatoms. The lowest BCUT2D eigenvalue weighted by Gasteiger charge is -2.57. The zero-order valence-electron chi connectivity index (χ0n) is 22.1. The lowest BCUT2D eigenvalue weighted by molar-refractivity contribution is -0.00640. The Hall–Kier alpha value is -2.50. The lowest BCUT2D eigenvalue weighted by Crippen LogP contribution is -2.48. The molecule has 0 aliphatic heterocycles. The van der Waals surface area contributed by atoms with Gasteiger partial charge in [0.05, 0.1) is 11.4 Å². The minimum Gasteiger partial charge on any atom is -0.508 e. The third-order valence-electron chi connectivity index (χ3n) is 11.4. The maximum Gasteiger partial charge on any atom is 0.146 e. The molecule has 0 saturated heterocycles. The van der Waals surface area contributed by atoms with Crippen LogP contribution in [0.5, 0.6) is 11.5 Å². The first-order valence-corrected chi connectivity index (χ1v) is 14.7. The van der Waals surface area contributed by atoms with Gasteiger partial charge in [-0.25, -0.2) is 8.78 Å². The Morgan fingerprint density at radius 1 is 0.526 bits per heavy atom. The summed E-state index contributed by atoms with van der Waals surface area (Å²) in [6.45, 7) is 0. The number of nitrogen functional groups attached to an aromatic ring is 2. The van der Waals surface area contributed by atoms with E-state index < -0.39 is 0 Å². The van der Waals surface area contributed by atoms with E-state index in [9.17, 15) is 19.0 Å². The molecule has 8 saturated carbocycles. The molecule has 0 spiro atoms. The topological polar surface area (TPSA) is 92.5 Å². The fourth-order valence-electron chi connectivity index (χ4n) is 10.9. The number of anilines is 2. The molecule has 2 aromatic rings. The molecule has 4 nitrogen and oxygen atoms in total. The molecule has 38 heavy (non-hydrogen) atoms. The van der Waals surface area contributed by atoms with E-state index in [4.69, 9.17) is 11.5 Å². The van der Waals surface area contributed by atoms with Crippen molar-refractivity contribution in [1.29, 1.82) is 0 Å². The highest BCUT2D eigenvalue weighted by molar-refractivity contribution is 5.53. The molecule has 2 aromatic carbocycles. The van der Waals surface area contributed by atoms with Gasteiger partial charge in [0.1, 0.15) is 23.1 Å².